The summed E-state index contributed by atoms with van der Waals surface area (Å²) >= 11 is 0. The van der Waals surface area contributed by atoms with Gasteiger partial charge in [-0.25, -0.2) is 4.39 Å². The third kappa shape index (κ3) is 5.13. The molecule has 3 aliphatic carbocycles. The molecule has 4 N–H and O–H groups in total. The summed E-state index contributed by atoms with van der Waals surface area (Å²) in [7, 11) is 0. The number of aliphatic hydroxyl groups is 4. The standard InChI is InChI=1S/C29H43FO4/c1-3-4-5-22(31)17-18-6-11-23-20(16-18)14-15-29(2)24(23)12-13-25(29)27(33)28(34)26(32)19-7-9-21(30)10-8-19/h6-10,20,22-28,31-34H,3-5,11-17H2,1-2H3/t20-,22+,23-,24+,25-,26-,27+,28+,29+/m1/s1. The largest absolute Gasteiger partial charge is 0.393 e. The zero-order chi connectivity index (χ0) is 24.5. The molecule has 9 atom stereocenters. The molecule has 0 heterocycles. The molecule has 4 nitrogen and oxygen atoms in total. The summed E-state index contributed by atoms with van der Waals surface area (Å²) in [6.45, 7) is 4.43. The molecular formula is C29H43FO4. The maximum atomic E-state index is 13.3. The number of rotatable bonds is 9. The molecule has 1 aromatic rings. The number of halogens is 1. The van der Waals surface area contributed by atoms with Gasteiger partial charge in [0, 0.05) is 0 Å². The smallest absolute Gasteiger partial charge is 0.123 e. The van der Waals surface area contributed by atoms with Crippen LogP contribution < -0.4 is 0 Å². The molecule has 34 heavy (non-hydrogen) atoms. The number of benzene rings is 1. The van der Waals surface area contributed by atoms with Crippen molar-refractivity contribution < 1.29 is 24.8 Å². The fraction of sp³-hybridized carbons (Fsp3) is 0.724. The van der Waals surface area contributed by atoms with Crippen molar-refractivity contribution in [2.24, 2.45) is 29.1 Å². The lowest BCUT2D eigenvalue weighted by molar-refractivity contribution is -0.115. The van der Waals surface area contributed by atoms with E-state index in [0.717, 1.165) is 64.2 Å². The number of aliphatic hydroxyl groups excluding tert-OH is 4. The van der Waals surface area contributed by atoms with Crippen LogP contribution in [0.25, 0.3) is 0 Å². The minimum Gasteiger partial charge on any atom is -0.393 e. The lowest BCUT2D eigenvalue weighted by Crippen LogP contribution is -2.48. The highest BCUT2D eigenvalue weighted by atomic mass is 19.1. The lowest BCUT2D eigenvalue weighted by atomic mass is 9.54. The Balaban J connectivity index is 1.41. The Morgan fingerprint density at radius 3 is 2.50 bits per heavy atom. The summed E-state index contributed by atoms with van der Waals surface area (Å²) in [5, 5.41) is 43.1. The first-order chi connectivity index (χ1) is 16.2. The SMILES string of the molecule is CCCC[C@H](O)CC1=CC[C@@H]2[C@H](CC[C@]3(C)[C@@H]([C@H](O)[C@@H](O)[C@H](O)c4ccc(F)cc4)CC[C@@H]23)C1. The Kier molecular flexibility index (Phi) is 8.18. The van der Waals surface area contributed by atoms with E-state index in [1.54, 1.807) is 0 Å². The van der Waals surface area contributed by atoms with Gasteiger partial charge in [0.05, 0.1) is 12.2 Å². The summed E-state index contributed by atoms with van der Waals surface area (Å²) in [6, 6.07) is 5.45. The fourth-order valence-corrected chi connectivity index (χ4v) is 7.59. The maximum Gasteiger partial charge on any atom is 0.123 e. The van der Waals surface area contributed by atoms with Crippen molar-refractivity contribution in [2.75, 3.05) is 0 Å². The van der Waals surface area contributed by atoms with Gasteiger partial charge in [0.15, 0.2) is 0 Å². The predicted molar refractivity (Wildman–Crippen MR) is 131 cm³/mol. The average molecular weight is 475 g/mol. The van der Waals surface area contributed by atoms with Gasteiger partial charge in [0.1, 0.15) is 18.0 Å². The van der Waals surface area contributed by atoms with Gasteiger partial charge in [-0.1, -0.05) is 50.5 Å². The first-order valence-corrected chi connectivity index (χ1v) is 13.4. The lowest BCUT2D eigenvalue weighted by Gasteiger charge is -2.51. The Morgan fingerprint density at radius 1 is 1.06 bits per heavy atom. The van der Waals surface area contributed by atoms with Crippen molar-refractivity contribution in [1.82, 2.24) is 0 Å². The van der Waals surface area contributed by atoms with Crippen LogP contribution in [-0.2, 0) is 0 Å². The molecule has 4 rings (SSSR count). The molecule has 0 bridgehead atoms. The summed E-state index contributed by atoms with van der Waals surface area (Å²) in [6.07, 6.45) is 8.62. The van der Waals surface area contributed by atoms with Crippen LogP contribution in [0.3, 0.4) is 0 Å². The first-order valence-electron chi connectivity index (χ1n) is 13.4. The van der Waals surface area contributed by atoms with Crippen LogP contribution in [0.1, 0.15) is 89.7 Å². The van der Waals surface area contributed by atoms with E-state index in [9.17, 15) is 24.8 Å². The van der Waals surface area contributed by atoms with Gasteiger partial charge in [-0.05, 0) is 98.1 Å². The minimum absolute atomic E-state index is 0.0595. The second-order valence-corrected chi connectivity index (χ2v) is 11.5. The van der Waals surface area contributed by atoms with Crippen molar-refractivity contribution in [3.05, 3.63) is 47.3 Å². The molecule has 1 aromatic carbocycles. The second kappa shape index (κ2) is 10.8. The number of unbranched alkanes of at least 4 members (excludes halogenated alkanes) is 1. The van der Waals surface area contributed by atoms with Crippen LogP contribution >= 0.6 is 0 Å². The summed E-state index contributed by atoms with van der Waals surface area (Å²) in [5.74, 6) is 1.27. The fourth-order valence-electron chi connectivity index (χ4n) is 7.59. The summed E-state index contributed by atoms with van der Waals surface area (Å²) < 4.78 is 13.3. The van der Waals surface area contributed by atoms with Gasteiger partial charge >= 0.3 is 0 Å². The average Bonchev–Trinajstić information content (AvgIpc) is 3.19. The Labute approximate surface area is 203 Å². The Bertz CT molecular complexity index is 839. The molecule has 0 saturated heterocycles. The summed E-state index contributed by atoms with van der Waals surface area (Å²) in [5.41, 5.74) is 1.78. The molecule has 2 fully saturated rings. The van der Waals surface area contributed by atoms with E-state index in [0.29, 0.717) is 23.3 Å². The molecule has 0 amide bonds. The van der Waals surface area contributed by atoms with Crippen molar-refractivity contribution in [1.29, 1.82) is 0 Å². The molecule has 2 saturated carbocycles. The van der Waals surface area contributed by atoms with Gasteiger partial charge < -0.3 is 20.4 Å². The van der Waals surface area contributed by atoms with Gasteiger partial charge in [0.25, 0.3) is 0 Å². The topological polar surface area (TPSA) is 80.9 Å². The summed E-state index contributed by atoms with van der Waals surface area (Å²) in [4.78, 5) is 0. The van der Waals surface area contributed by atoms with Crippen molar-refractivity contribution in [3.8, 4) is 0 Å². The van der Waals surface area contributed by atoms with Crippen LogP contribution in [0.5, 0.6) is 0 Å². The van der Waals surface area contributed by atoms with E-state index in [1.165, 1.54) is 29.8 Å². The number of hydrogen-bond donors (Lipinski definition) is 4. The predicted octanol–water partition coefficient (Wildman–Crippen LogP) is 5.30. The first kappa shape index (κ1) is 25.8. The van der Waals surface area contributed by atoms with E-state index in [2.05, 4.69) is 19.9 Å². The highest BCUT2D eigenvalue weighted by Crippen LogP contribution is 2.62. The molecule has 0 spiro atoms. The van der Waals surface area contributed by atoms with E-state index in [4.69, 9.17) is 0 Å². The van der Waals surface area contributed by atoms with Gasteiger partial charge in [-0.2, -0.15) is 0 Å². The van der Waals surface area contributed by atoms with E-state index in [1.807, 2.05) is 0 Å². The van der Waals surface area contributed by atoms with Gasteiger partial charge in [-0.15, -0.1) is 0 Å². The number of fused-ring (bicyclic) bond motifs is 3. The maximum absolute atomic E-state index is 13.3. The normalized spacial score (nSPS) is 34.5. The van der Waals surface area contributed by atoms with Crippen molar-refractivity contribution >= 4 is 0 Å². The highest BCUT2D eigenvalue weighted by Gasteiger charge is 2.56. The van der Waals surface area contributed by atoms with Gasteiger partial charge in [0.2, 0.25) is 0 Å². The van der Waals surface area contributed by atoms with Crippen molar-refractivity contribution in [2.45, 2.75) is 102 Å². The van der Waals surface area contributed by atoms with E-state index in [-0.39, 0.29) is 17.4 Å². The number of allylic oxidation sites excluding steroid dienone is 1. The quantitative estimate of drug-likeness (QED) is 0.366. The third-order valence-electron chi connectivity index (χ3n) is 9.55. The molecule has 3 aliphatic rings. The molecule has 0 unspecified atom stereocenters. The van der Waals surface area contributed by atoms with Crippen LogP contribution in [0.15, 0.2) is 35.9 Å². The van der Waals surface area contributed by atoms with Gasteiger partial charge in [-0.3, -0.25) is 0 Å². The monoisotopic (exact) mass is 474 g/mol. The Morgan fingerprint density at radius 2 is 1.79 bits per heavy atom. The third-order valence-corrected chi connectivity index (χ3v) is 9.55. The van der Waals surface area contributed by atoms with Crippen LogP contribution in [0.4, 0.5) is 4.39 Å². The molecule has 5 heteroatoms. The van der Waals surface area contributed by atoms with E-state index >= 15 is 0 Å². The second-order valence-electron chi connectivity index (χ2n) is 11.5. The molecule has 0 aromatic heterocycles. The van der Waals surface area contributed by atoms with Crippen LogP contribution in [-0.4, -0.2) is 38.7 Å². The molecule has 0 radical (unpaired) electrons. The van der Waals surface area contributed by atoms with E-state index < -0.39 is 24.1 Å². The highest BCUT2D eigenvalue weighted by molar-refractivity contribution is 5.21. The Hall–Kier alpha value is -1.27. The zero-order valence-electron chi connectivity index (χ0n) is 20.7. The van der Waals surface area contributed by atoms with Crippen molar-refractivity contribution in [3.63, 3.8) is 0 Å². The minimum atomic E-state index is -1.30. The molecule has 0 aliphatic heterocycles. The molecular weight excluding hydrogens is 431 g/mol. The van der Waals surface area contributed by atoms with Crippen LogP contribution in [0.2, 0.25) is 0 Å². The zero-order valence-corrected chi connectivity index (χ0v) is 20.7. The molecule has 190 valence electrons. The van der Waals surface area contributed by atoms with Crippen LogP contribution in [0, 0.1) is 34.9 Å². The number of hydrogen-bond acceptors (Lipinski definition) is 4.